The lowest BCUT2D eigenvalue weighted by Crippen LogP contribution is -2.05. The van der Waals surface area contributed by atoms with Crippen molar-refractivity contribution in [2.45, 2.75) is 45.2 Å². The normalized spacial score (nSPS) is 11.7. The molecule has 0 unspecified atom stereocenters. The standard InChI is InChI=1S/C21H25F3N2O/c1-2-3-4-5-8-14-27-20-13-7-6-10-17(20)16-25-26-19-12-9-11-18(15-19)21(22,23)24/h6-7,9-13,15-16,26H,2-5,8,14H2,1H3. The Balaban J connectivity index is 1.91. The fourth-order valence-corrected chi connectivity index (χ4v) is 2.55. The number of unbranched alkanes of at least 4 members (excludes halogenated alkanes) is 4. The molecule has 1 N–H and O–H groups in total. The van der Waals surface area contributed by atoms with Gasteiger partial charge in [-0.25, -0.2) is 0 Å². The fourth-order valence-electron chi connectivity index (χ4n) is 2.55. The van der Waals surface area contributed by atoms with E-state index in [9.17, 15) is 13.2 Å². The first-order chi connectivity index (χ1) is 13.0. The van der Waals surface area contributed by atoms with Gasteiger partial charge < -0.3 is 4.74 Å². The molecular weight excluding hydrogens is 353 g/mol. The number of rotatable bonds is 10. The second-order valence-electron chi connectivity index (χ2n) is 6.25. The van der Waals surface area contributed by atoms with E-state index in [-0.39, 0.29) is 5.69 Å². The van der Waals surface area contributed by atoms with E-state index in [1.54, 1.807) is 6.21 Å². The number of nitrogens with zero attached hydrogens (tertiary/aromatic N) is 1. The predicted molar refractivity (Wildman–Crippen MR) is 103 cm³/mol. The topological polar surface area (TPSA) is 33.6 Å². The van der Waals surface area contributed by atoms with Crippen LogP contribution in [0.25, 0.3) is 0 Å². The van der Waals surface area contributed by atoms with E-state index in [1.807, 2.05) is 24.3 Å². The van der Waals surface area contributed by atoms with Crippen LogP contribution in [0.2, 0.25) is 0 Å². The van der Waals surface area contributed by atoms with Crippen LogP contribution < -0.4 is 10.2 Å². The van der Waals surface area contributed by atoms with Gasteiger partial charge in [0.1, 0.15) is 5.75 Å². The minimum atomic E-state index is -4.38. The van der Waals surface area contributed by atoms with E-state index in [4.69, 9.17) is 4.74 Å². The van der Waals surface area contributed by atoms with Gasteiger partial charge in [0.2, 0.25) is 0 Å². The lowest BCUT2D eigenvalue weighted by atomic mass is 10.2. The smallest absolute Gasteiger partial charge is 0.416 e. The number of anilines is 1. The third-order valence-electron chi connectivity index (χ3n) is 4.01. The summed E-state index contributed by atoms with van der Waals surface area (Å²) in [6.45, 7) is 2.81. The van der Waals surface area contributed by atoms with E-state index < -0.39 is 11.7 Å². The maximum absolute atomic E-state index is 12.7. The van der Waals surface area contributed by atoms with Gasteiger partial charge in [-0.2, -0.15) is 18.3 Å². The summed E-state index contributed by atoms with van der Waals surface area (Å²) in [4.78, 5) is 0. The molecule has 0 amide bonds. The van der Waals surface area contributed by atoms with Crippen molar-refractivity contribution in [3.05, 3.63) is 59.7 Å². The van der Waals surface area contributed by atoms with E-state index in [0.29, 0.717) is 12.4 Å². The third-order valence-corrected chi connectivity index (χ3v) is 4.01. The van der Waals surface area contributed by atoms with Crippen LogP contribution in [0.3, 0.4) is 0 Å². The highest BCUT2D eigenvalue weighted by atomic mass is 19.4. The summed E-state index contributed by atoms with van der Waals surface area (Å²) in [5.41, 5.74) is 2.97. The van der Waals surface area contributed by atoms with Crippen molar-refractivity contribution < 1.29 is 17.9 Å². The zero-order valence-corrected chi connectivity index (χ0v) is 15.4. The Morgan fingerprint density at radius 2 is 1.78 bits per heavy atom. The molecule has 2 aromatic carbocycles. The number of benzene rings is 2. The lowest BCUT2D eigenvalue weighted by molar-refractivity contribution is -0.137. The molecule has 0 aliphatic heterocycles. The summed E-state index contributed by atoms with van der Waals surface area (Å²) in [5, 5.41) is 4.04. The van der Waals surface area contributed by atoms with Crippen LogP contribution >= 0.6 is 0 Å². The number of hydrazone groups is 1. The SMILES string of the molecule is CCCCCCCOc1ccccc1C=NNc1cccc(C(F)(F)F)c1. The largest absolute Gasteiger partial charge is 0.493 e. The minimum Gasteiger partial charge on any atom is -0.493 e. The van der Waals surface area contributed by atoms with Gasteiger partial charge in [0, 0.05) is 5.56 Å². The van der Waals surface area contributed by atoms with Crippen LogP contribution in [0.4, 0.5) is 18.9 Å². The van der Waals surface area contributed by atoms with Gasteiger partial charge in [-0.1, -0.05) is 50.8 Å². The number of hydrogen-bond donors (Lipinski definition) is 1. The zero-order valence-electron chi connectivity index (χ0n) is 15.4. The van der Waals surface area contributed by atoms with Gasteiger partial charge in [0.15, 0.2) is 0 Å². The second-order valence-corrected chi connectivity index (χ2v) is 6.25. The highest BCUT2D eigenvalue weighted by Crippen LogP contribution is 2.30. The minimum absolute atomic E-state index is 0.274. The maximum atomic E-state index is 12.7. The monoisotopic (exact) mass is 378 g/mol. The molecule has 0 bridgehead atoms. The number of halogens is 3. The molecule has 0 aliphatic rings. The van der Waals surface area contributed by atoms with Crippen LogP contribution in [0.5, 0.6) is 5.75 Å². The van der Waals surface area contributed by atoms with Gasteiger partial charge >= 0.3 is 6.18 Å². The molecule has 3 nitrogen and oxygen atoms in total. The molecule has 0 heterocycles. The molecule has 0 radical (unpaired) electrons. The van der Waals surface area contributed by atoms with Crippen molar-refractivity contribution in [1.82, 2.24) is 0 Å². The number of alkyl halides is 3. The zero-order chi connectivity index (χ0) is 19.5. The second kappa shape index (κ2) is 10.6. The number of nitrogens with one attached hydrogen (secondary N) is 1. The molecule has 0 aromatic heterocycles. The summed E-state index contributed by atoms with van der Waals surface area (Å²) in [7, 11) is 0. The average molecular weight is 378 g/mol. The number of hydrogen-bond acceptors (Lipinski definition) is 3. The van der Waals surface area contributed by atoms with Crippen molar-refractivity contribution in [1.29, 1.82) is 0 Å². The first-order valence-corrected chi connectivity index (χ1v) is 9.19. The van der Waals surface area contributed by atoms with Crippen LogP contribution in [-0.4, -0.2) is 12.8 Å². The van der Waals surface area contributed by atoms with Gasteiger partial charge in [0.05, 0.1) is 24.1 Å². The van der Waals surface area contributed by atoms with E-state index in [2.05, 4.69) is 17.5 Å². The van der Waals surface area contributed by atoms with Crippen LogP contribution in [0.1, 0.15) is 50.2 Å². The van der Waals surface area contributed by atoms with Gasteiger partial charge in [-0.15, -0.1) is 0 Å². The first-order valence-electron chi connectivity index (χ1n) is 9.19. The summed E-state index contributed by atoms with van der Waals surface area (Å²) >= 11 is 0. The molecule has 2 aromatic rings. The highest BCUT2D eigenvalue weighted by molar-refractivity contribution is 5.84. The maximum Gasteiger partial charge on any atom is 0.416 e. The molecule has 2 rings (SSSR count). The highest BCUT2D eigenvalue weighted by Gasteiger charge is 2.30. The van der Waals surface area contributed by atoms with E-state index in [1.165, 1.54) is 31.4 Å². The third kappa shape index (κ3) is 7.33. The molecule has 0 aliphatic carbocycles. The summed E-state index contributed by atoms with van der Waals surface area (Å²) in [6.07, 6.45) is 2.97. The lowest BCUT2D eigenvalue weighted by Gasteiger charge is -2.09. The molecule has 0 saturated carbocycles. The Bertz CT molecular complexity index is 729. The van der Waals surface area contributed by atoms with Crippen molar-refractivity contribution in [3.8, 4) is 5.75 Å². The summed E-state index contributed by atoms with van der Waals surface area (Å²) in [6, 6.07) is 12.4. The molecule has 0 atom stereocenters. The predicted octanol–water partition coefficient (Wildman–Crippen LogP) is 6.50. The molecule has 0 fully saturated rings. The Kier molecular flexibility index (Phi) is 8.17. The summed E-state index contributed by atoms with van der Waals surface area (Å²) < 4.78 is 44.0. The van der Waals surface area contributed by atoms with Crippen LogP contribution in [-0.2, 0) is 6.18 Å². The van der Waals surface area contributed by atoms with Crippen molar-refractivity contribution in [3.63, 3.8) is 0 Å². The fraction of sp³-hybridized carbons (Fsp3) is 0.381. The van der Waals surface area contributed by atoms with Gasteiger partial charge in [-0.3, -0.25) is 5.43 Å². The number of ether oxygens (including phenoxy) is 1. The Hall–Kier alpha value is -2.50. The Morgan fingerprint density at radius 3 is 2.56 bits per heavy atom. The van der Waals surface area contributed by atoms with Gasteiger partial charge in [0.25, 0.3) is 0 Å². The van der Waals surface area contributed by atoms with Gasteiger partial charge in [-0.05, 0) is 36.8 Å². The van der Waals surface area contributed by atoms with Crippen LogP contribution in [0.15, 0.2) is 53.6 Å². The molecule has 6 heteroatoms. The van der Waals surface area contributed by atoms with Crippen molar-refractivity contribution in [2.75, 3.05) is 12.0 Å². The first kappa shape index (κ1) is 20.8. The molecular formula is C21H25F3N2O. The van der Waals surface area contributed by atoms with E-state index in [0.717, 1.165) is 30.5 Å². The van der Waals surface area contributed by atoms with Crippen LogP contribution in [0, 0.1) is 0 Å². The molecule has 0 spiro atoms. The molecule has 146 valence electrons. The van der Waals surface area contributed by atoms with Crippen molar-refractivity contribution in [2.24, 2.45) is 5.10 Å². The average Bonchev–Trinajstić information content (AvgIpc) is 2.65. The van der Waals surface area contributed by atoms with E-state index >= 15 is 0 Å². The summed E-state index contributed by atoms with van der Waals surface area (Å²) in [5.74, 6) is 0.711. The van der Waals surface area contributed by atoms with Crippen molar-refractivity contribution >= 4 is 11.9 Å². The molecule has 0 saturated heterocycles. The molecule has 27 heavy (non-hydrogen) atoms. The quantitative estimate of drug-likeness (QED) is 0.291. The number of para-hydroxylation sites is 1. The Labute approximate surface area is 158 Å². The Morgan fingerprint density at radius 1 is 1.00 bits per heavy atom.